The zero-order valence-electron chi connectivity index (χ0n) is 10.5. The molecular formula is C12H16ClN3O2S. The Labute approximate surface area is 116 Å². The molecule has 1 heterocycles. The molecule has 2 unspecified atom stereocenters. The number of hydrogen-bond donors (Lipinski definition) is 0. The van der Waals surface area contributed by atoms with E-state index >= 15 is 0 Å². The van der Waals surface area contributed by atoms with Crippen LogP contribution in [0.5, 0.6) is 0 Å². The second-order valence-electron chi connectivity index (χ2n) is 6.02. The Morgan fingerprint density at radius 2 is 1.68 bits per heavy atom. The van der Waals surface area contributed by atoms with Gasteiger partial charge in [0, 0.05) is 22.6 Å². The molecule has 0 aromatic carbocycles. The first-order chi connectivity index (χ1) is 9.07. The van der Waals surface area contributed by atoms with E-state index in [1.54, 1.807) is 0 Å². The van der Waals surface area contributed by atoms with E-state index in [1.165, 1.54) is 25.7 Å². The van der Waals surface area contributed by atoms with Crippen LogP contribution in [0.4, 0.5) is 0 Å². The molecule has 0 radical (unpaired) electrons. The van der Waals surface area contributed by atoms with E-state index in [4.69, 9.17) is 10.7 Å². The molecule has 0 amide bonds. The fourth-order valence-electron chi connectivity index (χ4n) is 3.73. The van der Waals surface area contributed by atoms with Crippen LogP contribution in [0.3, 0.4) is 0 Å². The van der Waals surface area contributed by atoms with E-state index in [2.05, 4.69) is 10.2 Å². The first kappa shape index (κ1) is 12.1. The normalized spacial score (nSPS) is 34.1. The summed E-state index contributed by atoms with van der Waals surface area (Å²) in [6.07, 6.45) is 7.08. The molecule has 4 rings (SSSR count). The minimum atomic E-state index is -3.79. The molecule has 0 N–H and O–H groups in total. The monoisotopic (exact) mass is 301 g/mol. The van der Waals surface area contributed by atoms with E-state index in [9.17, 15) is 8.42 Å². The summed E-state index contributed by atoms with van der Waals surface area (Å²) in [5.74, 6) is 2.68. The number of rotatable bonds is 3. The highest BCUT2D eigenvalue weighted by molar-refractivity contribution is 8.13. The van der Waals surface area contributed by atoms with Crippen LogP contribution in [0.15, 0.2) is 5.16 Å². The molecule has 3 aliphatic rings. The summed E-state index contributed by atoms with van der Waals surface area (Å²) >= 11 is 0. The summed E-state index contributed by atoms with van der Waals surface area (Å²) in [6, 6.07) is 0.246. The average molecular weight is 302 g/mol. The van der Waals surface area contributed by atoms with Gasteiger partial charge in [0.25, 0.3) is 14.2 Å². The minimum absolute atomic E-state index is 0.0460. The molecule has 1 aromatic rings. The molecule has 3 saturated carbocycles. The van der Waals surface area contributed by atoms with E-state index in [-0.39, 0.29) is 11.2 Å². The van der Waals surface area contributed by atoms with Crippen molar-refractivity contribution in [2.45, 2.75) is 55.6 Å². The van der Waals surface area contributed by atoms with Crippen LogP contribution in [0.2, 0.25) is 0 Å². The van der Waals surface area contributed by atoms with Gasteiger partial charge in [-0.25, -0.2) is 8.42 Å². The van der Waals surface area contributed by atoms with Crippen molar-refractivity contribution in [3.05, 3.63) is 5.82 Å². The third-order valence-corrected chi connectivity index (χ3v) is 5.90. The molecule has 0 bridgehead atoms. The Bertz CT molecular complexity index is 611. The van der Waals surface area contributed by atoms with Crippen LogP contribution in [-0.4, -0.2) is 23.2 Å². The van der Waals surface area contributed by atoms with Gasteiger partial charge in [-0.15, -0.1) is 10.2 Å². The summed E-state index contributed by atoms with van der Waals surface area (Å²) in [7, 11) is 1.68. The first-order valence-electron chi connectivity index (χ1n) is 6.97. The number of halogens is 1. The maximum absolute atomic E-state index is 11.6. The highest BCUT2D eigenvalue weighted by Gasteiger charge is 2.55. The van der Waals surface area contributed by atoms with Gasteiger partial charge in [-0.3, -0.25) is 4.57 Å². The quantitative estimate of drug-likeness (QED) is 0.804. The minimum Gasteiger partial charge on any atom is -0.297 e. The van der Waals surface area contributed by atoms with E-state index in [0.29, 0.717) is 17.8 Å². The lowest BCUT2D eigenvalue weighted by molar-refractivity contribution is 0.480. The van der Waals surface area contributed by atoms with Gasteiger partial charge in [0.2, 0.25) is 0 Å². The standard InChI is InChI=1S/C12H16ClN3O2S/c13-19(17,18)12-15-14-11(16(12)7-5-6-7)10-8-3-1-2-4-9(8)10/h7-10H,1-6H2. The molecule has 1 aromatic heterocycles. The Morgan fingerprint density at radius 1 is 1.05 bits per heavy atom. The van der Waals surface area contributed by atoms with Crippen LogP contribution in [0.25, 0.3) is 0 Å². The smallest absolute Gasteiger partial charge is 0.296 e. The highest BCUT2D eigenvalue weighted by atomic mass is 35.7. The molecule has 19 heavy (non-hydrogen) atoms. The van der Waals surface area contributed by atoms with Gasteiger partial charge in [0.1, 0.15) is 5.82 Å². The van der Waals surface area contributed by atoms with Gasteiger partial charge in [-0.1, -0.05) is 12.8 Å². The van der Waals surface area contributed by atoms with Crippen LogP contribution in [0, 0.1) is 11.8 Å². The average Bonchev–Trinajstić information content (AvgIpc) is 3.26. The number of fused-ring (bicyclic) bond motifs is 1. The summed E-state index contributed by atoms with van der Waals surface area (Å²) < 4.78 is 25.0. The lowest BCUT2D eigenvalue weighted by atomic mass is 10.0. The van der Waals surface area contributed by atoms with Crippen molar-refractivity contribution >= 4 is 19.7 Å². The topological polar surface area (TPSA) is 64.8 Å². The van der Waals surface area contributed by atoms with E-state index in [0.717, 1.165) is 18.7 Å². The van der Waals surface area contributed by atoms with Gasteiger partial charge in [-0.2, -0.15) is 0 Å². The molecule has 3 fully saturated rings. The van der Waals surface area contributed by atoms with Crippen molar-refractivity contribution in [2.75, 3.05) is 0 Å². The third kappa shape index (κ3) is 1.91. The van der Waals surface area contributed by atoms with Crippen molar-refractivity contribution in [3.8, 4) is 0 Å². The Morgan fingerprint density at radius 3 is 2.21 bits per heavy atom. The molecule has 104 valence electrons. The molecule has 0 saturated heterocycles. The Hall–Kier alpha value is -0.620. The fraction of sp³-hybridized carbons (Fsp3) is 0.833. The van der Waals surface area contributed by atoms with Crippen molar-refractivity contribution in [3.63, 3.8) is 0 Å². The zero-order chi connectivity index (χ0) is 13.2. The van der Waals surface area contributed by atoms with Crippen molar-refractivity contribution < 1.29 is 8.42 Å². The largest absolute Gasteiger partial charge is 0.297 e. The zero-order valence-corrected chi connectivity index (χ0v) is 12.1. The highest BCUT2D eigenvalue weighted by Crippen LogP contribution is 2.61. The van der Waals surface area contributed by atoms with E-state index < -0.39 is 9.05 Å². The molecule has 2 atom stereocenters. The number of hydrogen-bond acceptors (Lipinski definition) is 4. The SMILES string of the molecule is O=S(=O)(Cl)c1nnc(C2C3CCCCC32)n1C1CC1. The molecule has 7 heteroatoms. The second kappa shape index (κ2) is 3.95. The summed E-state index contributed by atoms with van der Waals surface area (Å²) in [4.78, 5) is 0. The van der Waals surface area contributed by atoms with Crippen LogP contribution in [0.1, 0.15) is 56.3 Å². The first-order valence-corrected chi connectivity index (χ1v) is 9.28. The summed E-state index contributed by atoms with van der Waals surface area (Å²) in [6.45, 7) is 0. The van der Waals surface area contributed by atoms with Gasteiger partial charge in [-0.05, 0) is 37.5 Å². The Balaban J connectivity index is 1.75. The van der Waals surface area contributed by atoms with Gasteiger partial charge in [0.05, 0.1) is 0 Å². The maximum Gasteiger partial charge on any atom is 0.296 e. The van der Waals surface area contributed by atoms with Crippen LogP contribution in [-0.2, 0) is 9.05 Å². The maximum atomic E-state index is 11.6. The fourth-order valence-corrected chi connectivity index (χ4v) is 4.66. The predicted octanol–water partition coefficient (Wildman–Crippen LogP) is 2.44. The molecular weight excluding hydrogens is 286 g/mol. The number of aromatic nitrogens is 3. The van der Waals surface area contributed by atoms with Crippen molar-refractivity contribution in [2.24, 2.45) is 11.8 Å². The second-order valence-corrected chi connectivity index (χ2v) is 8.48. The number of nitrogens with zero attached hydrogens (tertiary/aromatic N) is 3. The lowest BCUT2D eigenvalue weighted by Gasteiger charge is -2.06. The molecule has 0 spiro atoms. The third-order valence-electron chi connectivity index (χ3n) is 4.78. The molecule has 0 aliphatic heterocycles. The van der Waals surface area contributed by atoms with Crippen LogP contribution >= 0.6 is 10.7 Å². The van der Waals surface area contributed by atoms with Gasteiger partial charge >= 0.3 is 0 Å². The summed E-state index contributed by atoms with van der Waals surface area (Å²) in [5.41, 5.74) is 0. The molecule has 5 nitrogen and oxygen atoms in total. The molecule has 3 aliphatic carbocycles. The van der Waals surface area contributed by atoms with Gasteiger partial charge < -0.3 is 0 Å². The predicted molar refractivity (Wildman–Crippen MR) is 69.5 cm³/mol. The van der Waals surface area contributed by atoms with Crippen LogP contribution < -0.4 is 0 Å². The van der Waals surface area contributed by atoms with E-state index in [1.807, 2.05) is 4.57 Å². The Kier molecular flexibility index (Phi) is 2.52. The van der Waals surface area contributed by atoms with Gasteiger partial charge in [0.15, 0.2) is 0 Å². The lowest BCUT2D eigenvalue weighted by Crippen LogP contribution is -2.08. The summed E-state index contributed by atoms with van der Waals surface area (Å²) in [5, 5.41) is 7.99. The van der Waals surface area contributed by atoms with Crippen molar-refractivity contribution in [1.82, 2.24) is 14.8 Å². The van der Waals surface area contributed by atoms with Crippen molar-refractivity contribution in [1.29, 1.82) is 0 Å².